The van der Waals surface area contributed by atoms with E-state index in [0.29, 0.717) is 5.56 Å². The molecular formula is C18H18N2O6. The normalized spacial score (nSPS) is 9.77. The van der Waals surface area contributed by atoms with Crippen LogP contribution in [0.15, 0.2) is 48.5 Å². The van der Waals surface area contributed by atoms with Crippen molar-refractivity contribution in [1.29, 1.82) is 0 Å². The predicted octanol–water partition coefficient (Wildman–Crippen LogP) is 1.32. The topological polar surface area (TPSA) is 103 Å². The Balaban J connectivity index is 1.89. The van der Waals surface area contributed by atoms with Gasteiger partial charge in [-0.25, -0.2) is 4.79 Å². The third-order valence-corrected chi connectivity index (χ3v) is 3.32. The van der Waals surface area contributed by atoms with Gasteiger partial charge in [-0.1, -0.05) is 24.3 Å². The van der Waals surface area contributed by atoms with E-state index in [0.717, 1.165) is 0 Å². The molecule has 136 valence electrons. The number of hydrogen-bond acceptors (Lipinski definition) is 6. The summed E-state index contributed by atoms with van der Waals surface area (Å²) < 4.78 is 15.2. The third kappa shape index (κ3) is 4.73. The molecule has 0 aliphatic carbocycles. The van der Waals surface area contributed by atoms with E-state index in [9.17, 15) is 14.4 Å². The first-order valence-corrected chi connectivity index (χ1v) is 7.59. The van der Waals surface area contributed by atoms with Crippen molar-refractivity contribution < 1.29 is 28.6 Å². The van der Waals surface area contributed by atoms with E-state index < -0.39 is 24.4 Å². The van der Waals surface area contributed by atoms with Crippen LogP contribution < -0.4 is 20.3 Å². The molecule has 0 saturated heterocycles. The summed E-state index contributed by atoms with van der Waals surface area (Å²) in [4.78, 5) is 35.8. The summed E-state index contributed by atoms with van der Waals surface area (Å²) in [5, 5.41) is 0. The number of hydrazine groups is 1. The van der Waals surface area contributed by atoms with Crippen LogP contribution in [0.2, 0.25) is 0 Å². The van der Waals surface area contributed by atoms with Crippen molar-refractivity contribution >= 4 is 17.8 Å². The van der Waals surface area contributed by atoms with Crippen LogP contribution in [-0.4, -0.2) is 38.6 Å². The number of benzene rings is 2. The Bertz CT molecular complexity index is 769. The molecule has 0 aromatic heterocycles. The molecule has 0 aliphatic rings. The molecule has 0 saturated carbocycles. The average molecular weight is 358 g/mol. The van der Waals surface area contributed by atoms with E-state index in [2.05, 4.69) is 10.9 Å². The van der Waals surface area contributed by atoms with Gasteiger partial charge in [0.2, 0.25) is 0 Å². The number of rotatable bonds is 6. The Morgan fingerprint density at radius 1 is 0.846 bits per heavy atom. The molecule has 8 heteroatoms. The summed E-state index contributed by atoms with van der Waals surface area (Å²) in [5.41, 5.74) is 4.84. The number of ether oxygens (including phenoxy) is 3. The van der Waals surface area contributed by atoms with Gasteiger partial charge in [-0.15, -0.1) is 0 Å². The maximum absolute atomic E-state index is 12.2. The van der Waals surface area contributed by atoms with Crippen LogP contribution in [-0.2, 0) is 9.53 Å². The van der Waals surface area contributed by atoms with Gasteiger partial charge in [-0.05, 0) is 24.3 Å². The lowest BCUT2D eigenvalue weighted by Crippen LogP contribution is -2.43. The second kappa shape index (κ2) is 9.07. The van der Waals surface area contributed by atoms with Crippen LogP contribution in [0.5, 0.6) is 11.5 Å². The highest BCUT2D eigenvalue weighted by Gasteiger charge is 2.20. The monoisotopic (exact) mass is 358 g/mol. The van der Waals surface area contributed by atoms with Gasteiger partial charge in [-0.2, -0.15) is 0 Å². The molecule has 0 radical (unpaired) electrons. The first-order valence-electron chi connectivity index (χ1n) is 7.59. The first-order chi connectivity index (χ1) is 12.6. The molecule has 2 N–H and O–H groups in total. The maximum atomic E-state index is 12.2. The minimum absolute atomic E-state index is 0.0682. The standard InChI is InChI=1S/C18H18N2O6/c1-24-13-9-6-10-14(25-2)16(13)18(23)26-11-15(21)19-20-17(22)12-7-4-3-5-8-12/h3-10H,11H2,1-2H3,(H,19,21)(H,20,22). The summed E-state index contributed by atoms with van der Waals surface area (Å²) in [6.07, 6.45) is 0. The summed E-state index contributed by atoms with van der Waals surface area (Å²) in [6.45, 7) is -0.588. The predicted molar refractivity (Wildman–Crippen MR) is 91.9 cm³/mol. The molecule has 0 bridgehead atoms. The SMILES string of the molecule is COc1cccc(OC)c1C(=O)OCC(=O)NNC(=O)c1ccccc1. The number of amides is 2. The Hall–Kier alpha value is -3.55. The molecule has 2 aromatic carbocycles. The van der Waals surface area contributed by atoms with Crippen LogP contribution in [0.25, 0.3) is 0 Å². The summed E-state index contributed by atoms with van der Waals surface area (Å²) in [5.74, 6) is -1.46. The summed E-state index contributed by atoms with van der Waals surface area (Å²) in [6, 6.07) is 13.1. The van der Waals surface area contributed by atoms with Crippen molar-refractivity contribution in [3.63, 3.8) is 0 Å². The van der Waals surface area contributed by atoms with Gasteiger partial charge in [0.25, 0.3) is 11.8 Å². The average Bonchev–Trinajstić information content (AvgIpc) is 2.69. The van der Waals surface area contributed by atoms with Crippen LogP contribution in [0, 0.1) is 0 Å². The minimum atomic E-state index is -0.788. The Morgan fingerprint density at radius 2 is 1.46 bits per heavy atom. The van der Waals surface area contributed by atoms with Crippen LogP contribution in [0.4, 0.5) is 0 Å². The molecule has 2 amide bonds. The van der Waals surface area contributed by atoms with Gasteiger partial charge >= 0.3 is 5.97 Å². The van der Waals surface area contributed by atoms with E-state index in [-0.39, 0.29) is 17.1 Å². The molecule has 0 heterocycles. The van der Waals surface area contributed by atoms with E-state index in [1.54, 1.807) is 48.5 Å². The van der Waals surface area contributed by atoms with Crippen molar-refractivity contribution in [3.8, 4) is 11.5 Å². The van der Waals surface area contributed by atoms with Crippen LogP contribution >= 0.6 is 0 Å². The molecule has 0 unspecified atom stereocenters. The highest BCUT2D eigenvalue weighted by molar-refractivity contribution is 5.97. The van der Waals surface area contributed by atoms with Gasteiger partial charge in [-0.3, -0.25) is 20.4 Å². The molecule has 8 nitrogen and oxygen atoms in total. The third-order valence-electron chi connectivity index (χ3n) is 3.32. The number of hydrogen-bond donors (Lipinski definition) is 2. The largest absolute Gasteiger partial charge is 0.496 e. The van der Waals surface area contributed by atoms with Gasteiger partial charge in [0.1, 0.15) is 17.1 Å². The highest BCUT2D eigenvalue weighted by Crippen LogP contribution is 2.28. The minimum Gasteiger partial charge on any atom is -0.496 e. The van der Waals surface area contributed by atoms with Crippen LogP contribution in [0.3, 0.4) is 0 Å². The van der Waals surface area contributed by atoms with Crippen molar-refractivity contribution in [2.24, 2.45) is 0 Å². The van der Waals surface area contributed by atoms with Crippen LogP contribution in [0.1, 0.15) is 20.7 Å². The zero-order chi connectivity index (χ0) is 18.9. The zero-order valence-corrected chi connectivity index (χ0v) is 14.3. The lowest BCUT2D eigenvalue weighted by Gasteiger charge is -2.12. The summed E-state index contributed by atoms with van der Waals surface area (Å²) in [7, 11) is 2.80. The second-order valence-electron chi connectivity index (χ2n) is 4.98. The fourth-order valence-electron chi connectivity index (χ4n) is 2.08. The molecular weight excluding hydrogens is 340 g/mol. The molecule has 2 rings (SSSR count). The van der Waals surface area contributed by atoms with Gasteiger partial charge in [0.15, 0.2) is 6.61 Å². The Morgan fingerprint density at radius 3 is 2.04 bits per heavy atom. The molecule has 0 fully saturated rings. The zero-order valence-electron chi connectivity index (χ0n) is 14.3. The Labute approximate surface area is 150 Å². The van der Waals surface area contributed by atoms with Gasteiger partial charge < -0.3 is 14.2 Å². The highest BCUT2D eigenvalue weighted by atomic mass is 16.5. The molecule has 0 aliphatic heterocycles. The molecule has 0 spiro atoms. The van der Waals surface area contributed by atoms with Gasteiger partial charge in [0.05, 0.1) is 14.2 Å². The number of esters is 1. The number of carbonyl (C=O) groups is 3. The van der Waals surface area contributed by atoms with Crippen molar-refractivity contribution in [1.82, 2.24) is 10.9 Å². The number of methoxy groups -OCH3 is 2. The molecule has 0 atom stereocenters. The van der Waals surface area contributed by atoms with E-state index >= 15 is 0 Å². The van der Waals surface area contributed by atoms with E-state index in [1.165, 1.54) is 14.2 Å². The maximum Gasteiger partial charge on any atom is 0.346 e. The molecule has 26 heavy (non-hydrogen) atoms. The fraction of sp³-hybridized carbons (Fsp3) is 0.167. The smallest absolute Gasteiger partial charge is 0.346 e. The molecule has 2 aromatic rings. The van der Waals surface area contributed by atoms with Crippen molar-refractivity contribution in [2.45, 2.75) is 0 Å². The van der Waals surface area contributed by atoms with E-state index in [4.69, 9.17) is 14.2 Å². The fourth-order valence-corrected chi connectivity index (χ4v) is 2.08. The van der Waals surface area contributed by atoms with Gasteiger partial charge in [0, 0.05) is 5.56 Å². The first kappa shape index (κ1) is 18.8. The number of nitrogens with one attached hydrogen (secondary N) is 2. The van der Waals surface area contributed by atoms with Crippen molar-refractivity contribution in [2.75, 3.05) is 20.8 Å². The lowest BCUT2D eigenvalue weighted by molar-refractivity contribution is -0.125. The van der Waals surface area contributed by atoms with Crippen molar-refractivity contribution in [3.05, 3.63) is 59.7 Å². The summed E-state index contributed by atoms with van der Waals surface area (Å²) >= 11 is 0. The number of carbonyl (C=O) groups excluding carboxylic acids is 3. The lowest BCUT2D eigenvalue weighted by atomic mass is 10.2. The Kier molecular flexibility index (Phi) is 6.55. The van der Waals surface area contributed by atoms with E-state index in [1.807, 2.05) is 0 Å². The second-order valence-corrected chi connectivity index (χ2v) is 4.98. The quantitative estimate of drug-likeness (QED) is 0.596.